The second-order valence-corrected chi connectivity index (χ2v) is 4.81. The first-order valence-corrected chi connectivity index (χ1v) is 6.09. The minimum Gasteiger partial charge on any atom is -0.331 e. The largest absolute Gasteiger partial charge is 0.331 e. The molecule has 1 fully saturated rings. The van der Waals surface area contributed by atoms with E-state index in [9.17, 15) is 9.59 Å². The third kappa shape index (κ3) is 2.79. The second-order valence-electron chi connectivity index (χ2n) is 4.00. The number of benzene rings is 1. The summed E-state index contributed by atoms with van der Waals surface area (Å²) in [5, 5.41) is 0.763. The van der Waals surface area contributed by atoms with Crippen molar-refractivity contribution in [3.63, 3.8) is 0 Å². The molecule has 0 atom stereocenters. The van der Waals surface area contributed by atoms with Gasteiger partial charge in [-0.2, -0.15) is 0 Å². The quantitative estimate of drug-likeness (QED) is 0.788. The minimum atomic E-state index is -0.170. The number of piperidine rings is 1. The molecule has 2 rings (SSSR count). The number of carbonyl (C=O) groups is 2. The van der Waals surface area contributed by atoms with E-state index in [4.69, 9.17) is 23.2 Å². The van der Waals surface area contributed by atoms with Crippen molar-refractivity contribution in [2.24, 2.45) is 0 Å². The molecule has 1 amide bonds. The highest BCUT2D eigenvalue weighted by atomic mass is 35.5. The maximum Gasteiger partial charge on any atom is 0.254 e. The summed E-state index contributed by atoms with van der Waals surface area (Å²) in [7, 11) is 0. The molecule has 0 unspecified atom stereocenters. The number of hydrogen-bond acceptors (Lipinski definition) is 2. The van der Waals surface area contributed by atoms with E-state index in [-0.39, 0.29) is 18.2 Å². The van der Waals surface area contributed by atoms with Crippen molar-refractivity contribution < 1.29 is 9.59 Å². The average molecular weight is 272 g/mol. The van der Waals surface area contributed by atoms with E-state index >= 15 is 0 Å². The van der Waals surface area contributed by atoms with Crippen molar-refractivity contribution in [2.45, 2.75) is 12.8 Å². The van der Waals surface area contributed by atoms with Gasteiger partial charge in [-0.1, -0.05) is 23.2 Å². The Morgan fingerprint density at radius 3 is 2.65 bits per heavy atom. The number of ketones is 1. The van der Waals surface area contributed by atoms with Crippen LogP contribution in [0.15, 0.2) is 18.2 Å². The van der Waals surface area contributed by atoms with Crippen LogP contribution in [0.2, 0.25) is 10.0 Å². The van der Waals surface area contributed by atoms with E-state index in [1.807, 2.05) is 0 Å². The number of carbonyl (C=O) groups excluding carboxylic acids is 2. The molecule has 1 aromatic carbocycles. The summed E-state index contributed by atoms with van der Waals surface area (Å²) in [5.41, 5.74) is 0.467. The lowest BCUT2D eigenvalue weighted by Crippen LogP contribution is -2.40. The standard InChI is InChI=1S/C12H11Cl2NO2/c13-10-4-3-8(6-11(10)14)12(17)15-5-1-2-9(16)7-15/h3-4,6H,1-2,5,7H2. The van der Waals surface area contributed by atoms with Gasteiger partial charge in [0.05, 0.1) is 16.6 Å². The van der Waals surface area contributed by atoms with Crippen LogP contribution in [0.4, 0.5) is 0 Å². The average Bonchev–Trinajstić information content (AvgIpc) is 2.32. The number of hydrogen-bond donors (Lipinski definition) is 0. The number of likely N-dealkylation sites (tertiary alicyclic amines) is 1. The van der Waals surface area contributed by atoms with E-state index in [0.717, 1.165) is 6.42 Å². The first kappa shape index (κ1) is 12.4. The molecular weight excluding hydrogens is 261 g/mol. The lowest BCUT2D eigenvalue weighted by molar-refractivity contribution is -0.121. The molecule has 1 saturated heterocycles. The molecule has 90 valence electrons. The normalized spacial score (nSPS) is 16.1. The van der Waals surface area contributed by atoms with Gasteiger partial charge in [-0.25, -0.2) is 0 Å². The zero-order valence-corrected chi connectivity index (χ0v) is 10.6. The van der Waals surface area contributed by atoms with Gasteiger partial charge < -0.3 is 4.90 Å². The summed E-state index contributed by atoms with van der Waals surface area (Å²) in [6.07, 6.45) is 1.29. The highest BCUT2D eigenvalue weighted by Crippen LogP contribution is 2.23. The summed E-state index contributed by atoms with van der Waals surface area (Å²) in [4.78, 5) is 24.9. The number of amides is 1. The molecule has 0 spiro atoms. The Balaban J connectivity index is 2.18. The van der Waals surface area contributed by atoms with Crippen LogP contribution in [-0.2, 0) is 4.79 Å². The molecule has 1 aromatic rings. The molecule has 0 bridgehead atoms. The molecule has 3 nitrogen and oxygen atoms in total. The van der Waals surface area contributed by atoms with E-state index in [2.05, 4.69) is 0 Å². The van der Waals surface area contributed by atoms with Gasteiger partial charge in [-0.15, -0.1) is 0 Å². The molecule has 0 aromatic heterocycles. The molecule has 1 heterocycles. The fraction of sp³-hybridized carbons (Fsp3) is 0.333. The van der Waals surface area contributed by atoms with Crippen LogP contribution in [0.5, 0.6) is 0 Å². The van der Waals surface area contributed by atoms with Crippen molar-refractivity contribution in [2.75, 3.05) is 13.1 Å². The van der Waals surface area contributed by atoms with Crippen molar-refractivity contribution in [3.8, 4) is 0 Å². The van der Waals surface area contributed by atoms with Gasteiger partial charge in [-0.3, -0.25) is 9.59 Å². The van der Waals surface area contributed by atoms with Gasteiger partial charge in [0.25, 0.3) is 5.91 Å². The van der Waals surface area contributed by atoms with Gasteiger partial charge in [0.15, 0.2) is 5.78 Å². The fourth-order valence-electron chi connectivity index (χ4n) is 1.82. The fourth-order valence-corrected chi connectivity index (χ4v) is 2.12. The van der Waals surface area contributed by atoms with Crippen LogP contribution in [0.1, 0.15) is 23.2 Å². The van der Waals surface area contributed by atoms with Crippen molar-refractivity contribution in [3.05, 3.63) is 33.8 Å². The maximum atomic E-state index is 12.1. The van der Waals surface area contributed by atoms with Crippen LogP contribution >= 0.6 is 23.2 Å². The third-order valence-electron chi connectivity index (χ3n) is 2.70. The Morgan fingerprint density at radius 2 is 2.00 bits per heavy atom. The van der Waals surface area contributed by atoms with Crippen molar-refractivity contribution in [1.29, 1.82) is 0 Å². The zero-order chi connectivity index (χ0) is 12.4. The number of Topliss-reactive ketones (excluding diaryl/α,β-unsaturated/α-hetero) is 1. The monoisotopic (exact) mass is 271 g/mol. The smallest absolute Gasteiger partial charge is 0.254 e. The second kappa shape index (κ2) is 5.07. The molecule has 0 N–H and O–H groups in total. The first-order chi connectivity index (χ1) is 8.08. The predicted octanol–water partition coefficient (Wildman–Crippen LogP) is 2.80. The molecule has 5 heteroatoms. The molecular formula is C12H11Cl2NO2. The Morgan fingerprint density at radius 1 is 1.24 bits per heavy atom. The van der Waals surface area contributed by atoms with Gasteiger partial charge in [-0.05, 0) is 24.6 Å². The molecule has 0 radical (unpaired) electrons. The van der Waals surface area contributed by atoms with Crippen LogP contribution < -0.4 is 0 Å². The number of rotatable bonds is 1. The predicted molar refractivity (Wildman–Crippen MR) is 66.6 cm³/mol. The Bertz CT molecular complexity index is 474. The Kier molecular flexibility index (Phi) is 3.69. The first-order valence-electron chi connectivity index (χ1n) is 5.34. The highest BCUT2D eigenvalue weighted by Gasteiger charge is 2.22. The maximum absolute atomic E-state index is 12.1. The van der Waals surface area contributed by atoms with Crippen molar-refractivity contribution in [1.82, 2.24) is 4.90 Å². The van der Waals surface area contributed by atoms with Crippen LogP contribution in [0.25, 0.3) is 0 Å². The van der Waals surface area contributed by atoms with Crippen LogP contribution in [-0.4, -0.2) is 29.7 Å². The minimum absolute atomic E-state index is 0.102. The summed E-state index contributed by atoms with van der Waals surface area (Å²) in [6, 6.07) is 4.74. The Hall–Kier alpha value is -1.06. The zero-order valence-electron chi connectivity index (χ0n) is 9.08. The highest BCUT2D eigenvalue weighted by molar-refractivity contribution is 6.42. The van der Waals surface area contributed by atoms with Gasteiger partial charge in [0.2, 0.25) is 0 Å². The topological polar surface area (TPSA) is 37.4 Å². The van der Waals surface area contributed by atoms with Gasteiger partial charge in [0, 0.05) is 18.5 Å². The SMILES string of the molecule is O=C1CCCN(C(=O)c2ccc(Cl)c(Cl)c2)C1. The summed E-state index contributed by atoms with van der Waals surface area (Å²) < 4.78 is 0. The Labute approximate surface area is 109 Å². The van der Waals surface area contributed by atoms with E-state index in [0.29, 0.717) is 28.6 Å². The molecule has 17 heavy (non-hydrogen) atoms. The van der Waals surface area contributed by atoms with Crippen molar-refractivity contribution >= 4 is 34.9 Å². The van der Waals surface area contributed by atoms with E-state index in [1.165, 1.54) is 6.07 Å². The van der Waals surface area contributed by atoms with Crippen LogP contribution in [0, 0.1) is 0 Å². The van der Waals surface area contributed by atoms with Gasteiger partial charge in [0.1, 0.15) is 0 Å². The molecule has 0 aliphatic carbocycles. The van der Waals surface area contributed by atoms with Gasteiger partial charge >= 0.3 is 0 Å². The van der Waals surface area contributed by atoms with E-state index in [1.54, 1.807) is 17.0 Å². The molecule has 0 saturated carbocycles. The summed E-state index contributed by atoms with van der Waals surface area (Å²) in [5.74, 6) is -0.0683. The van der Waals surface area contributed by atoms with Crippen LogP contribution in [0.3, 0.4) is 0 Å². The summed E-state index contributed by atoms with van der Waals surface area (Å²) >= 11 is 11.6. The number of halogens is 2. The molecule has 1 aliphatic heterocycles. The van der Waals surface area contributed by atoms with E-state index < -0.39 is 0 Å². The summed E-state index contributed by atoms with van der Waals surface area (Å²) in [6.45, 7) is 0.809. The lowest BCUT2D eigenvalue weighted by Gasteiger charge is -2.25. The third-order valence-corrected chi connectivity index (χ3v) is 3.44. The lowest BCUT2D eigenvalue weighted by atomic mass is 10.1. The molecule has 1 aliphatic rings. The number of nitrogens with zero attached hydrogens (tertiary/aromatic N) is 1.